The number of halogens is 1. The van der Waals surface area contributed by atoms with Crippen LogP contribution in [-0.2, 0) is 9.59 Å². The van der Waals surface area contributed by atoms with E-state index in [1.165, 1.54) is 19.0 Å². The van der Waals surface area contributed by atoms with Crippen LogP contribution < -0.4 is 10.3 Å². The van der Waals surface area contributed by atoms with Gasteiger partial charge in [0.25, 0.3) is 0 Å². The monoisotopic (exact) mass is 320 g/mol. The van der Waals surface area contributed by atoms with Gasteiger partial charge in [-0.1, -0.05) is 0 Å². The number of carbonyl (C=O) groups excluding carboxylic acids is 2. The van der Waals surface area contributed by atoms with Crippen molar-refractivity contribution in [1.29, 1.82) is 0 Å². The number of hydrogen-bond acceptors (Lipinski definition) is 4. The maximum absolute atomic E-state index is 13.4. The highest BCUT2D eigenvalue weighted by Gasteiger charge is 2.16. The van der Waals surface area contributed by atoms with Gasteiger partial charge in [-0.05, 0) is 44.3 Å². The zero-order chi connectivity index (χ0) is 17.1. The first-order chi connectivity index (χ1) is 11.1. The van der Waals surface area contributed by atoms with Crippen LogP contribution in [0, 0.1) is 0 Å². The van der Waals surface area contributed by atoms with Crippen molar-refractivity contribution in [2.24, 2.45) is 0 Å². The van der Waals surface area contributed by atoms with Crippen molar-refractivity contribution in [2.45, 2.75) is 26.1 Å². The number of ether oxygens (including phenoxy) is 1. The molecule has 0 aliphatic heterocycles. The number of allylic oxidation sites excluding steroid dienone is 1. The van der Waals surface area contributed by atoms with Crippen molar-refractivity contribution >= 4 is 24.8 Å². The molecule has 0 unspecified atom stereocenters. The van der Waals surface area contributed by atoms with Gasteiger partial charge < -0.3 is 14.0 Å². The minimum Gasteiger partial charge on any atom is -0.492 e. The molecule has 0 N–H and O–H groups in total. The van der Waals surface area contributed by atoms with Crippen LogP contribution in [0.4, 0.5) is 4.32 Å². The lowest BCUT2D eigenvalue weighted by atomic mass is 9.70. The second-order valence-electron chi connectivity index (χ2n) is 5.17. The van der Waals surface area contributed by atoms with E-state index in [0.29, 0.717) is 30.8 Å². The number of aldehydes is 1. The molecule has 0 saturated carbocycles. The molecule has 1 heterocycles. The van der Waals surface area contributed by atoms with Crippen LogP contribution in [0.1, 0.15) is 19.3 Å². The van der Waals surface area contributed by atoms with E-state index < -0.39 is 6.99 Å². The van der Waals surface area contributed by atoms with Gasteiger partial charge in [-0.3, -0.25) is 14.6 Å². The van der Waals surface area contributed by atoms with Crippen molar-refractivity contribution in [2.75, 3.05) is 20.2 Å². The number of aromatic nitrogens is 1. The molecule has 0 atom stereocenters. The molecule has 0 aliphatic carbocycles. The smallest absolute Gasteiger partial charge is 0.400 e. The van der Waals surface area contributed by atoms with E-state index >= 15 is 0 Å². The molecule has 0 bridgehead atoms. The maximum Gasteiger partial charge on any atom is 0.400 e. The molecule has 0 fully saturated rings. The van der Waals surface area contributed by atoms with Crippen molar-refractivity contribution in [1.82, 2.24) is 9.88 Å². The van der Waals surface area contributed by atoms with E-state index in [1.807, 2.05) is 0 Å². The Balaban J connectivity index is 2.22. The first-order valence-electron chi connectivity index (χ1n) is 7.65. The minimum atomic E-state index is -1.16. The van der Waals surface area contributed by atoms with Gasteiger partial charge in [0, 0.05) is 25.9 Å². The molecule has 5 nitrogen and oxygen atoms in total. The number of carbonyl (C=O) groups is 2. The van der Waals surface area contributed by atoms with E-state index in [-0.39, 0.29) is 5.91 Å². The summed E-state index contributed by atoms with van der Waals surface area (Å²) in [5.41, 5.74) is 0.319. The summed E-state index contributed by atoms with van der Waals surface area (Å²) in [7, 11) is 1.69. The van der Waals surface area contributed by atoms with Crippen LogP contribution in [0.3, 0.4) is 0 Å². The Kier molecular flexibility index (Phi) is 8.64. The summed E-state index contributed by atoms with van der Waals surface area (Å²) >= 11 is 0. The zero-order valence-electron chi connectivity index (χ0n) is 13.6. The first-order valence-corrected chi connectivity index (χ1v) is 7.65. The summed E-state index contributed by atoms with van der Waals surface area (Å²) in [5.74, 6) is 0.291. The fourth-order valence-corrected chi connectivity index (χ4v) is 1.99. The van der Waals surface area contributed by atoms with Crippen molar-refractivity contribution in [3.8, 4) is 5.75 Å². The predicted molar refractivity (Wildman–Crippen MR) is 88.8 cm³/mol. The first kappa shape index (κ1) is 18.9. The van der Waals surface area contributed by atoms with E-state index in [9.17, 15) is 13.9 Å². The number of unbranched alkanes of at least 4 members (excludes halogenated alkanes) is 2. The Labute approximate surface area is 136 Å². The molecule has 1 amide bonds. The van der Waals surface area contributed by atoms with Gasteiger partial charge in [-0.15, -0.1) is 0 Å². The van der Waals surface area contributed by atoms with Crippen LogP contribution in [0.2, 0.25) is 6.82 Å². The lowest BCUT2D eigenvalue weighted by Crippen LogP contribution is -2.27. The van der Waals surface area contributed by atoms with E-state index in [0.717, 1.165) is 19.3 Å². The summed E-state index contributed by atoms with van der Waals surface area (Å²) in [6, 6.07) is 3.43. The summed E-state index contributed by atoms with van der Waals surface area (Å²) in [5, 5.41) is 0. The summed E-state index contributed by atoms with van der Waals surface area (Å²) in [6.45, 7) is 1.36. The highest BCUT2D eigenvalue weighted by molar-refractivity contribution is 6.65. The number of pyridine rings is 1. The summed E-state index contributed by atoms with van der Waals surface area (Å²) in [6.07, 6.45) is 7.08. The van der Waals surface area contributed by atoms with Gasteiger partial charge in [0.2, 0.25) is 5.91 Å². The molecule has 0 spiro atoms. The molecular weight excluding hydrogens is 298 g/mol. The van der Waals surface area contributed by atoms with Gasteiger partial charge in [0.15, 0.2) is 0 Å². The molecule has 1 rings (SSSR count). The maximum atomic E-state index is 13.4. The van der Waals surface area contributed by atoms with E-state index in [1.54, 1.807) is 30.3 Å². The quantitative estimate of drug-likeness (QED) is 0.285. The molecule has 124 valence electrons. The standard InChI is InChI=1S/C16H22BFN2O3/c1-17(18)16-14(8-6-10-19-16)23-13-5-3-4-11-20(2)15(22)9-7-12-21/h6-10,12H,3-5,11,13H2,1-2H3/b9-7-. The topological polar surface area (TPSA) is 59.5 Å². The van der Waals surface area contributed by atoms with Crippen LogP contribution >= 0.6 is 0 Å². The van der Waals surface area contributed by atoms with Crippen molar-refractivity contribution in [3.05, 3.63) is 30.5 Å². The molecule has 1 aromatic rings. The molecule has 1 aromatic heterocycles. The van der Waals surface area contributed by atoms with Gasteiger partial charge in [-0.25, -0.2) is 0 Å². The highest BCUT2D eigenvalue weighted by Crippen LogP contribution is 2.08. The Hall–Kier alpha value is -2.18. The van der Waals surface area contributed by atoms with Crippen LogP contribution in [0.15, 0.2) is 30.5 Å². The normalized spacial score (nSPS) is 10.6. The molecule has 23 heavy (non-hydrogen) atoms. The van der Waals surface area contributed by atoms with Crippen molar-refractivity contribution < 1.29 is 18.6 Å². The summed E-state index contributed by atoms with van der Waals surface area (Å²) in [4.78, 5) is 27.2. The second kappa shape index (κ2) is 10.5. The summed E-state index contributed by atoms with van der Waals surface area (Å²) < 4.78 is 18.9. The number of likely N-dealkylation sites (N-methyl/N-ethyl adjacent to an activating group) is 1. The molecule has 0 aliphatic rings. The molecular formula is C16H22BFN2O3. The van der Waals surface area contributed by atoms with Crippen LogP contribution in [0.5, 0.6) is 5.75 Å². The Bertz CT molecular complexity index is 538. The second-order valence-corrected chi connectivity index (χ2v) is 5.17. The zero-order valence-corrected chi connectivity index (χ0v) is 13.6. The van der Waals surface area contributed by atoms with Crippen LogP contribution in [-0.4, -0.2) is 49.3 Å². The Morgan fingerprint density at radius 1 is 1.43 bits per heavy atom. The van der Waals surface area contributed by atoms with Gasteiger partial charge in [0.05, 0.1) is 12.2 Å². The Morgan fingerprint density at radius 3 is 2.91 bits per heavy atom. The largest absolute Gasteiger partial charge is 0.492 e. The van der Waals surface area contributed by atoms with Gasteiger partial charge in [0.1, 0.15) is 12.0 Å². The third kappa shape index (κ3) is 7.08. The molecule has 0 saturated heterocycles. The number of amides is 1. The average Bonchev–Trinajstić information content (AvgIpc) is 2.55. The number of nitrogens with zero attached hydrogens (tertiary/aromatic N) is 2. The SMILES string of the molecule is CB(F)c1ncccc1OCCCCCN(C)C(=O)/C=C\C=O. The van der Waals surface area contributed by atoms with Gasteiger partial charge >= 0.3 is 6.99 Å². The highest BCUT2D eigenvalue weighted by atomic mass is 19.1. The fraction of sp³-hybridized carbons (Fsp3) is 0.438. The molecule has 0 aromatic carbocycles. The van der Waals surface area contributed by atoms with Crippen LogP contribution in [0.25, 0.3) is 0 Å². The molecule has 7 heteroatoms. The number of hydrogen-bond donors (Lipinski definition) is 0. The van der Waals surface area contributed by atoms with E-state index in [4.69, 9.17) is 4.74 Å². The third-order valence-electron chi connectivity index (χ3n) is 3.27. The molecule has 0 radical (unpaired) electrons. The van der Waals surface area contributed by atoms with Gasteiger partial charge in [-0.2, -0.15) is 0 Å². The predicted octanol–water partition coefficient (Wildman–Crippen LogP) is 1.64. The number of rotatable bonds is 10. The third-order valence-corrected chi connectivity index (χ3v) is 3.27. The van der Waals surface area contributed by atoms with E-state index in [2.05, 4.69) is 4.98 Å². The fourth-order valence-electron chi connectivity index (χ4n) is 1.99. The lowest BCUT2D eigenvalue weighted by molar-refractivity contribution is -0.125. The lowest BCUT2D eigenvalue weighted by Gasteiger charge is -2.15. The van der Waals surface area contributed by atoms with Crippen molar-refractivity contribution in [3.63, 3.8) is 0 Å². The minimum absolute atomic E-state index is 0.190. The average molecular weight is 320 g/mol. The Morgan fingerprint density at radius 2 is 2.22 bits per heavy atom.